The molecular formula is C18H19FN2O3S. The van der Waals surface area contributed by atoms with Crippen LogP contribution in [-0.4, -0.2) is 24.9 Å². The van der Waals surface area contributed by atoms with Gasteiger partial charge in [0.15, 0.2) is 0 Å². The maximum Gasteiger partial charge on any atom is 0.319 e. The molecule has 0 aliphatic heterocycles. The molecule has 0 radical (unpaired) electrons. The van der Waals surface area contributed by atoms with Gasteiger partial charge in [0.25, 0.3) is 0 Å². The fourth-order valence-corrected chi connectivity index (χ4v) is 2.81. The SMILES string of the molecule is COC(=O)CSCc1cccc(NC(=O)NCc2ccc(F)cc2)c1. The van der Waals surface area contributed by atoms with E-state index in [9.17, 15) is 14.0 Å². The Bertz CT molecular complexity index is 723. The molecule has 7 heteroatoms. The molecule has 5 nitrogen and oxygen atoms in total. The Morgan fingerprint density at radius 3 is 2.60 bits per heavy atom. The molecule has 2 N–H and O–H groups in total. The number of methoxy groups -OCH3 is 1. The van der Waals surface area contributed by atoms with Crippen LogP contribution in [0.2, 0.25) is 0 Å². The van der Waals surface area contributed by atoms with E-state index in [0.29, 0.717) is 18.0 Å². The van der Waals surface area contributed by atoms with Gasteiger partial charge in [-0.1, -0.05) is 24.3 Å². The molecule has 0 unspecified atom stereocenters. The molecule has 0 fully saturated rings. The number of benzene rings is 2. The first-order valence-electron chi connectivity index (χ1n) is 7.59. The van der Waals surface area contributed by atoms with Crippen molar-refractivity contribution in [3.63, 3.8) is 0 Å². The third-order valence-electron chi connectivity index (χ3n) is 3.27. The number of carbonyl (C=O) groups excluding carboxylic acids is 2. The second-order valence-electron chi connectivity index (χ2n) is 5.20. The van der Waals surface area contributed by atoms with Gasteiger partial charge in [-0.15, -0.1) is 11.8 Å². The summed E-state index contributed by atoms with van der Waals surface area (Å²) >= 11 is 1.44. The van der Waals surface area contributed by atoms with Crippen molar-refractivity contribution in [2.24, 2.45) is 0 Å². The highest BCUT2D eigenvalue weighted by molar-refractivity contribution is 7.99. The summed E-state index contributed by atoms with van der Waals surface area (Å²) in [6.45, 7) is 0.306. The van der Waals surface area contributed by atoms with Crippen LogP contribution in [0.25, 0.3) is 0 Å². The van der Waals surface area contributed by atoms with E-state index in [1.54, 1.807) is 18.2 Å². The van der Waals surface area contributed by atoms with Crippen LogP contribution in [0, 0.1) is 5.82 Å². The lowest BCUT2D eigenvalue weighted by Gasteiger charge is -2.09. The van der Waals surface area contributed by atoms with Crippen molar-refractivity contribution in [2.75, 3.05) is 18.2 Å². The highest BCUT2D eigenvalue weighted by atomic mass is 32.2. The van der Waals surface area contributed by atoms with Gasteiger partial charge >= 0.3 is 12.0 Å². The number of rotatable bonds is 7. The fourth-order valence-electron chi connectivity index (χ4n) is 2.01. The third-order valence-corrected chi connectivity index (χ3v) is 4.24. The van der Waals surface area contributed by atoms with Gasteiger partial charge in [-0.3, -0.25) is 4.79 Å². The van der Waals surface area contributed by atoms with E-state index in [1.807, 2.05) is 18.2 Å². The molecule has 0 aliphatic rings. The number of thioether (sulfide) groups is 1. The van der Waals surface area contributed by atoms with Gasteiger partial charge in [0.1, 0.15) is 5.82 Å². The third kappa shape index (κ3) is 6.84. The topological polar surface area (TPSA) is 67.4 Å². The lowest BCUT2D eigenvalue weighted by Crippen LogP contribution is -2.28. The monoisotopic (exact) mass is 362 g/mol. The number of anilines is 1. The van der Waals surface area contributed by atoms with Crippen molar-refractivity contribution in [1.29, 1.82) is 0 Å². The van der Waals surface area contributed by atoms with Crippen LogP contribution in [0.5, 0.6) is 0 Å². The van der Waals surface area contributed by atoms with Crippen LogP contribution in [-0.2, 0) is 21.8 Å². The Balaban J connectivity index is 1.80. The summed E-state index contributed by atoms with van der Waals surface area (Å²) in [6.07, 6.45) is 0. The Morgan fingerprint density at radius 1 is 1.12 bits per heavy atom. The van der Waals surface area contributed by atoms with E-state index in [1.165, 1.54) is 31.0 Å². The summed E-state index contributed by atoms with van der Waals surface area (Å²) in [5.41, 5.74) is 2.46. The average molecular weight is 362 g/mol. The minimum atomic E-state index is -0.344. The predicted molar refractivity (Wildman–Crippen MR) is 96.9 cm³/mol. The first kappa shape index (κ1) is 18.8. The number of nitrogens with one attached hydrogen (secondary N) is 2. The molecule has 0 heterocycles. The highest BCUT2D eigenvalue weighted by Crippen LogP contribution is 2.16. The van der Waals surface area contributed by atoms with Crippen LogP contribution in [0.1, 0.15) is 11.1 Å². The van der Waals surface area contributed by atoms with Crippen LogP contribution in [0.15, 0.2) is 48.5 Å². The normalized spacial score (nSPS) is 10.2. The minimum Gasteiger partial charge on any atom is -0.468 e. The van der Waals surface area contributed by atoms with Gasteiger partial charge in [0.05, 0.1) is 12.9 Å². The smallest absolute Gasteiger partial charge is 0.319 e. The number of urea groups is 1. The number of hydrogen-bond acceptors (Lipinski definition) is 4. The molecule has 25 heavy (non-hydrogen) atoms. The van der Waals surface area contributed by atoms with Crippen molar-refractivity contribution in [3.8, 4) is 0 Å². The van der Waals surface area contributed by atoms with Crippen LogP contribution >= 0.6 is 11.8 Å². The van der Waals surface area contributed by atoms with E-state index in [-0.39, 0.29) is 23.6 Å². The van der Waals surface area contributed by atoms with Gasteiger partial charge in [-0.05, 0) is 35.4 Å². The summed E-state index contributed by atoms with van der Waals surface area (Å²) in [4.78, 5) is 23.0. The molecule has 2 amide bonds. The van der Waals surface area contributed by atoms with Gasteiger partial charge in [0, 0.05) is 18.0 Å². The molecule has 0 aliphatic carbocycles. The zero-order valence-corrected chi connectivity index (χ0v) is 14.6. The van der Waals surface area contributed by atoms with E-state index in [0.717, 1.165) is 11.1 Å². The van der Waals surface area contributed by atoms with Crippen LogP contribution in [0.3, 0.4) is 0 Å². The summed E-state index contributed by atoms with van der Waals surface area (Å²) in [5.74, 6) is 0.350. The van der Waals surface area contributed by atoms with Crippen molar-refractivity contribution < 1.29 is 18.7 Å². The molecule has 0 saturated heterocycles. The molecule has 0 aromatic heterocycles. The highest BCUT2D eigenvalue weighted by Gasteiger charge is 2.04. The number of ether oxygens (including phenoxy) is 1. The molecule has 2 aromatic carbocycles. The molecule has 2 aromatic rings. The molecule has 0 saturated carbocycles. The van der Waals surface area contributed by atoms with Crippen molar-refractivity contribution in [3.05, 3.63) is 65.5 Å². The lowest BCUT2D eigenvalue weighted by molar-refractivity contribution is -0.137. The summed E-state index contributed by atoms with van der Waals surface area (Å²) in [6, 6.07) is 13.0. The minimum absolute atomic E-state index is 0.264. The van der Waals surface area contributed by atoms with E-state index >= 15 is 0 Å². The second kappa shape index (κ2) is 9.68. The summed E-state index contributed by atoms with van der Waals surface area (Å²) in [7, 11) is 1.36. The van der Waals surface area contributed by atoms with Gasteiger partial charge < -0.3 is 15.4 Å². The maximum atomic E-state index is 12.8. The van der Waals surface area contributed by atoms with Crippen molar-refractivity contribution >= 4 is 29.4 Å². The number of carbonyl (C=O) groups is 2. The molecule has 0 spiro atoms. The van der Waals surface area contributed by atoms with Crippen molar-refractivity contribution in [1.82, 2.24) is 5.32 Å². The molecule has 0 atom stereocenters. The quantitative estimate of drug-likeness (QED) is 0.739. The first-order chi connectivity index (χ1) is 12.1. The number of hydrogen-bond donors (Lipinski definition) is 2. The van der Waals surface area contributed by atoms with Crippen LogP contribution < -0.4 is 10.6 Å². The van der Waals surface area contributed by atoms with E-state index in [2.05, 4.69) is 15.4 Å². The molecular weight excluding hydrogens is 343 g/mol. The van der Waals surface area contributed by atoms with Gasteiger partial charge in [0.2, 0.25) is 0 Å². The number of halogens is 1. The summed E-state index contributed by atoms with van der Waals surface area (Å²) < 4.78 is 17.4. The standard InChI is InChI=1S/C18H19FN2O3S/c1-24-17(22)12-25-11-14-3-2-4-16(9-14)21-18(23)20-10-13-5-7-15(19)8-6-13/h2-9H,10-12H2,1H3,(H2,20,21,23). The second-order valence-corrected chi connectivity index (χ2v) is 6.19. The molecule has 2 rings (SSSR count). The van der Waals surface area contributed by atoms with Crippen LogP contribution in [0.4, 0.5) is 14.9 Å². The summed E-state index contributed by atoms with van der Waals surface area (Å²) in [5, 5.41) is 5.46. The first-order valence-corrected chi connectivity index (χ1v) is 8.75. The molecule has 0 bridgehead atoms. The number of esters is 1. The van der Waals surface area contributed by atoms with Crippen molar-refractivity contribution in [2.45, 2.75) is 12.3 Å². The predicted octanol–water partition coefficient (Wildman–Crippen LogP) is 3.55. The Labute approximate surface area is 150 Å². The fraction of sp³-hybridized carbons (Fsp3) is 0.222. The van der Waals surface area contributed by atoms with E-state index in [4.69, 9.17) is 0 Å². The average Bonchev–Trinajstić information content (AvgIpc) is 2.61. The molecule has 132 valence electrons. The maximum absolute atomic E-state index is 12.8. The zero-order valence-electron chi connectivity index (χ0n) is 13.8. The van der Waals surface area contributed by atoms with Gasteiger partial charge in [-0.25, -0.2) is 9.18 Å². The largest absolute Gasteiger partial charge is 0.468 e. The Kier molecular flexibility index (Phi) is 7.28. The lowest BCUT2D eigenvalue weighted by atomic mass is 10.2. The van der Waals surface area contributed by atoms with Gasteiger partial charge in [-0.2, -0.15) is 0 Å². The Morgan fingerprint density at radius 2 is 1.88 bits per heavy atom. The van der Waals surface area contributed by atoms with E-state index < -0.39 is 0 Å². The number of amides is 2. The Hall–Kier alpha value is -2.54. The zero-order chi connectivity index (χ0) is 18.1.